The van der Waals surface area contributed by atoms with Gasteiger partial charge in [0.05, 0.1) is 30.5 Å². The van der Waals surface area contributed by atoms with Gasteiger partial charge in [0.2, 0.25) is 0 Å². The predicted molar refractivity (Wildman–Crippen MR) is 69.1 cm³/mol. The lowest BCUT2D eigenvalue weighted by Gasteiger charge is -2.25. The molecule has 3 N–H and O–H groups in total. The van der Waals surface area contributed by atoms with Crippen molar-refractivity contribution in [1.82, 2.24) is 15.1 Å². The van der Waals surface area contributed by atoms with Gasteiger partial charge in [-0.15, -0.1) is 0 Å². The van der Waals surface area contributed by atoms with Gasteiger partial charge >= 0.3 is 0 Å². The lowest BCUT2D eigenvalue weighted by atomic mass is 10.1. The molecule has 0 bridgehead atoms. The van der Waals surface area contributed by atoms with E-state index >= 15 is 0 Å². The topological polar surface area (TPSA) is 70.3 Å². The number of hydrogen-bond donors (Lipinski definition) is 3. The Hall–Kier alpha value is -0.910. The maximum absolute atomic E-state index is 9.19. The number of aliphatic hydroxyl groups excluding tert-OH is 2. The Balaban J connectivity index is 1.90. The van der Waals surface area contributed by atoms with E-state index in [0.29, 0.717) is 12.6 Å². The number of aliphatic hydroxyl groups is 2. The fraction of sp³-hybridized carbons (Fsp3) is 0.769. The number of nitrogens with zero attached hydrogens (tertiary/aromatic N) is 2. The van der Waals surface area contributed by atoms with Crippen molar-refractivity contribution in [2.75, 3.05) is 13.2 Å². The first-order chi connectivity index (χ1) is 8.67. The Bertz CT molecular complexity index is 368. The zero-order valence-electron chi connectivity index (χ0n) is 11.0. The molecule has 0 spiro atoms. The van der Waals surface area contributed by atoms with E-state index in [1.165, 1.54) is 25.7 Å². The van der Waals surface area contributed by atoms with Crippen molar-refractivity contribution in [3.8, 4) is 0 Å². The fourth-order valence-electron chi connectivity index (χ4n) is 2.31. The summed E-state index contributed by atoms with van der Waals surface area (Å²) in [4.78, 5) is 0. The SMILES string of the molecule is CC(CO)(CO)NCc1ccn(C2CCCC2)n1. The van der Waals surface area contributed by atoms with Gasteiger partial charge < -0.3 is 15.5 Å². The van der Waals surface area contributed by atoms with E-state index < -0.39 is 5.54 Å². The van der Waals surface area contributed by atoms with Crippen LogP contribution in [0, 0.1) is 0 Å². The van der Waals surface area contributed by atoms with E-state index in [1.807, 2.05) is 12.3 Å². The second-order valence-corrected chi connectivity index (χ2v) is 5.46. The molecule has 1 fully saturated rings. The molecule has 1 saturated carbocycles. The molecule has 2 rings (SSSR count). The maximum atomic E-state index is 9.19. The van der Waals surface area contributed by atoms with Crippen LogP contribution in [0.2, 0.25) is 0 Å². The van der Waals surface area contributed by atoms with Gasteiger partial charge in [0.1, 0.15) is 0 Å². The van der Waals surface area contributed by atoms with Crippen molar-refractivity contribution < 1.29 is 10.2 Å². The Labute approximate surface area is 108 Å². The molecule has 0 amide bonds. The van der Waals surface area contributed by atoms with Crippen molar-refractivity contribution in [2.24, 2.45) is 0 Å². The molecule has 1 aromatic heterocycles. The van der Waals surface area contributed by atoms with Crippen molar-refractivity contribution in [3.63, 3.8) is 0 Å². The van der Waals surface area contributed by atoms with Gasteiger partial charge in [-0.2, -0.15) is 5.10 Å². The van der Waals surface area contributed by atoms with Gasteiger partial charge in [-0.1, -0.05) is 12.8 Å². The van der Waals surface area contributed by atoms with Crippen LogP contribution in [0.25, 0.3) is 0 Å². The minimum Gasteiger partial charge on any atom is -0.394 e. The van der Waals surface area contributed by atoms with Crippen LogP contribution in [-0.4, -0.2) is 38.7 Å². The Kier molecular flexibility index (Phi) is 4.37. The van der Waals surface area contributed by atoms with Gasteiger partial charge in [-0.05, 0) is 25.8 Å². The summed E-state index contributed by atoms with van der Waals surface area (Å²) in [7, 11) is 0. The molecule has 0 radical (unpaired) electrons. The highest BCUT2D eigenvalue weighted by Crippen LogP contribution is 2.28. The first-order valence-electron chi connectivity index (χ1n) is 6.68. The highest BCUT2D eigenvalue weighted by molar-refractivity contribution is 5.01. The van der Waals surface area contributed by atoms with Crippen LogP contribution in [0.1, 0.15) is 44.3 Å². The first-order valence-corrected chi connectivity index (χ1v) is 6.68. The summed E-state index contributed by atoms with van der Waals surface area (Å²) in [5.41, 5.74) is 0.312. The van der Waals surface area contributed by atoms with Crippen LogP contribution in [0.15, 0.2) is 12.3 Å². The molecule has 0 saturated heterocycles. The number of hydrogen-bond acceptors (Lipinski definition) is 4. The van der Waals surface area contributed by atoms with Crippen molar-refractivity contribution >= 4 is 0 Å². The molecule has 1 aliphatic carbocycles. The molecular weight excluding hydrogens is 230 g/mol. The third-order valence-electron chi connectivity index (χ3n) is 3.76. The Morgan fingerprint density at radius 3 is 2.67 bits per heavy atom. The Morgan fingerprint density at radius 1 is 1.39 bits per heavy atom. The molecular formula is C13H23N3O2. The van der Waals surface area contributed by atoms with Crippen LogP contribution in [-0.2, 0) is 6.54 Å². The van der Waals surface area contributed by atoms with E-state index in [1.54, 1.807) is 6.92 Å². The fourth-order valence-corrected chi connectivity index (χ4v) is 2.31. The van der Waals surface area contributed by atoms with Gasteiger partial charge in [0.15, 0.2) is 0 Å². The van der Waals surface area contributed by atoms with Crippen LogP contribution >= 0.6 is 0 Å². The molecule has 1 aliphatic rings. The highest BCUT2D eigenvalue weighted by atomic mass is 16.3. The van der Waals surface area contributed by atoms with Crippen molar-refractivity contribution in [1.29, 1.82) is 0 Å². The summed E-state index contributed by atoms with van der Waals surface area (Å²) in [6.45, 7) is 2.18. The standard InChI is InChI=1S/C13H23N3O2/c1-13(9-17,10-18)14-8-11-6-7-16(15-11)12-4-2-3-5-12/h6-7,12,14,17-18H,2-5,8-10H2,1H3. The number of aromatic nitrogens is 2. The quantitative estimate of drug-likeness (QED) is 0.702. The molecule has 0 aromatic carbocycles. The molecule has 0 atom stereocenters. The summed E-state index contributed by atoms with van der Waals surface area (Å²) in [5.74, 6) is 0. The lowest BCUT2D eigenvalue weighted by Crippen LogP contribution is -2.48. The Morgan fingerprint density at radius 2 is 2.06 bits per heavy atom. The average Bonchev–Trinajstić information content (AvgIpc) is 3.06. The number of nitrogens with one attached hydrogen (secondary N) is 1. The smallest absolute Gasteiger partial charge is 0.0762 e. The maximum Gasteiger partial charge on any atom is 0.0762 e. The highest BCUT2D eigenvalue weighted by Gasteiger charge is 2.22. The number of rotatable bonds is 6. The molecule has 5 nitrogen and oxygen atoms in total. The second-order valence-electron chi connectivity index (χ2n) is 5.46. The predicted octanol–water partition coefficient (Wildman–Crippen LogP) is 0.831. The molecule has 0 unspecified atom stereocenters. The normalized spacial score (nSPS) is 17.5. The lowest BCUT2D eigenvalue weighted by molar-refractivity contribution is 0.103. The van der Waals surface area contributed by atoms with E-state index in [0.717, 1.165) is 5.69 Å². The van der Waals surface area contributed by atoms with E-state index in [4.69, 9.17) is 0 Å². The summed E-state index contributed by atoms with van der Waals surface area (Å²) in [5, 5.41) is 26.1. The molecule has 5 heteroatoms. The summed E-state index contributed by atoms with van der Waals surface area (Å²) in [6, 6.07) is 2.56. The minimum atomic E-state index is -0.642. The minimum absolute atomic E-state index is 0.0904. The van der Waals surface area contributed by atoms with E-state index in [-0.39, 0.29) is 13.2 Å². The third-order valence-corrected chi connectivity index (χ3v) is 3.76. The monoisotopic (exact) mass is 253 g/mol. The summed E-state index contributed by atoms with van der Waals surface area (Å²) < 4.78 is 2.05. The summed E-state index contributed by atoms with van der Waals surface area (Å²) >= 11 is 0. The second kappa shape index (κ2) is 5.82. The zero-order chi connectivity index (χ0) is 13.0. The molecule has 0 aliphatic heterocycles. The van der Waals surface area contributed by atoms with Gasteiger partial charge in [0, 0.05) is 12.7 Å². The molecule has 102 valence electrons. The van der Waals surface area contributed by atoms with Gasteiger partial charge in [-0.3, -0.25) is 4.68 Å². The molecule has 1 heterocycles. The largest absolute Gasteiger partial charge is 0.394 e. The first kappa shape index (κ1) is 13.5. The molecule has 18 heavy (non-hydrogen) atoms. The van der Waals surface area contributed by atoms with Gasteiger partial charge in [-0.25, -0.2) is 0 Å². The van der Waals surface area contributed by atoms with Crippen LogP contribution < -0.4 is 5.32 Å². The van der Waals surface area contributed by atoms with Gasteiger partial charge in [0.25, 0.3) is 0 Å². The third kappa shape index (κ3) is 3.10. The zero-order valence-corrected chi connectivity index (χ0v) is 11.0. The van der Waals surface area contributed by atoms with Crippen LogP contribution in [0.5, 0.6) is 0 Å². The average molecular weight is 253 g/mol. The van der Waals surface area contributed by atoms with Crippen molar-refractivity contribution in [3.05, 3.63) is 18.0 Å². The summed E-state index contributed by atoms with van der Waals surface area (Å²) in [6.07, 6.45) is 7.07. The van der Waals surface area contributed by atoms with Crippen molar-refractivity contribution in [2.45, 2.75) is 50.7 Å². The van der Waals surface area contributed by atoms with Crippen LogP contribution in [0.4, 0.5) is 0 Å². The van der Waals surface area contributed by atoms with E-state index in [9.17, 15) is 10.2 Å². The van der Waals surface area contributed by atoms with E-state index in [2.05, 4.69) is 15.1 Å². The van der Waals surface area contributed by atoms with Crippen LogP contribution in [0.3, 0.4) is 0 Å². The molecule has 1 aromatic rings.